The van der Waals surface area contributed by atoms with Gasteiger partial charge in [-0.25, -0.2) is 0 Å². The number of benzene rings is 1. The highest BCUT2D eigenvalue weighted by Crippen LogP contribution is 2.26. The van der Waals surface area contributed by atoms with Gasteiger partial charge in [0.05, 0.1) is 0 Å². The van der Waals surface area contributed by atoms with E-state index in [2.05, 4.69) is 5.16 Å². The number of carbonyl (C=O) groups excluding carboxylic acids is 1. The number of carbonyl (C=O) groups is 1. The zero-order valence-electron chi connectivity index (χ0n) is 10.8. The van der Waals surface area contributed by atoms with Gasteiger partial charge in [-0.05, 0) is 0 Å². The molecule has 0 aliphatic heterocycles. The van der Waals surface area contributed by atoms with Gasteiger partial charge in [0.2, 0.25) is 0 Å². The zero-order chi connectivity index (χ0) is 13.1. The summed E-state index contributed by atoms with van der Waals surface area (Å²) >= 11 is 0. The molecule has 2 rings (SSSR count). The molecule has 0 aliphatic rings. The molecule has 0 radical (unpaired) electrons. The molecule has 0 aliphatic carbocycles. The highest BCUT2D eigenvalue weighted by molar-refractivity contribution is 6.00. The number of aryl methyl sites for hydroxylation is 1. The molecule has 0 atom stereocenters. The van der Waals surface area contributed by atoms with Crippen LogP contribution >= 0.6 is 0 Å². The van der Waals surface area contributed by atoms with Crippen LogP contribution in [0.4, 0.5) is 0 Å². The fourth-order valence-corrected chi connectivity index (χ4v) is 1.80. The van der Waals surface area contributed by atoms with Crippen LogP contribution in [0, 0.1) is 0 Å². The van der Waals surface area contributed by atoms with Gasteiger partial charge in [0.15, 0.2) is 0 Å². The van der Waals surface area contributed by atoms with E-state index in [4.69, 9.17) is 4.52 Å². The predicted octanol–water partition coefficient (Wildman–Crippen LogP) is 2.61. The summed E-state index contributed by atoms with van der Waals surface area (Å²) in [5, 5.41) is 4.04. The quantitative estimate of drug-likeness (QED) is 0.833. The van der Waals surface area contributed by atoms with Gasteiger partial charge in [-0.1, -0.05) is 42.4 Å². The van der Waals surface area contributed by atoms with Gasteiger partial charge in [-0.3, -0.25) is 4.79 Å². The molecule has 1 amide bonds. The van der Waals surface area contributed by atoms with Crippen LogP contribution in [-0.2, 0) is 6.42 Å². The normalized spacial score (nSPS) is 10.4. The lowest BCUT2D eigenvalue weighted by Crippen LogP contribution is -2.22. The van der Waals surface area contributed by atoms with Crippen LogP contribution < -0.4 is 0 Å². The average Bonchev–Trinajstić information content (AvgIpc) is 2.82. The van der Waals surface area contributed by atoms with E-state index < -0.39 is 0 Å². The Morgan fingerprint density at radius 2 is 1.94 bits per heavy atom. The Morgan fingerprint density at radius 1 is 1.28 bits per heavy atom. The fraction of sp³-hybridized carbons (Fsp3) is 0.286. The number of rotatable bonds is 3. The minimum atomic E-state index is -0.0769. The van der Waals surface area contributed by atoms with E-state index in [9.17, 15) is 4.79 Å². The van der Waals surface area contributed by atoms with Crippen molar-refractivity contribution in [2.24, 2.45) is 0 Å². The van der Waals surface area contributed by atoms with Crippen molar-refractivity contribution in [1.82, 2.24) is 10.1 Å². The molecule has 18 heavy (non-hydrogen) atoms. The van der Waals surface area contributed by atoms with Gasteiger partial charge in [0, 0.05) is 26.1 Å². The Hall–Kier alpha value is -2.10. The first-order valence-electron chi connectivity index (χ1n) is 5.90. The average molecular weight is 244 g/mol. The van der Waals surface area contributed by atoms with Crippen LogP contribution in [0.1, 0.15) is 23.0 Å². The van der Waals surface area contributed by atoms with Crippen molar-refractivity contribution in [3.8, 4) is 11.3 Å². The number of nitrogens with zero attached hydrogens (tertiary/aromatic N) is 2. The first-order chi connectivity index (χ1) is 8.65. The maximum Gasteiger partial charge on any atom is 0.259 e. The van der Waals surface area contributed by atoms with Crippen LogP contribution in [0.3, 0.4) is 0 Å². The number of aromatic nitrogens is 1. The van der Waals surface area contributed by atoms with Gasteiger partial charge in [0.25, 0.3) is 5.91 Å². The molecule has 94 valence electrons. The van der Waals surface area contributed by atoms with E-state index in [-0.39, 0.29) is 5.91 Å². The van der Waals surface area contributed by atoms with Crippen molar-refractivity contribution in [3.05, 3.63) is 41.7 Å². The Balaban J connectivity index is 2.56. The van der Waals surface area contributed by atoms with Crippen molar-refractivity contribution in [3.63, 3.8) is 0 Å². The summed E-state index contributed by atoms with van der Waals surface area (Å²) in [6, 6.07) is 9.60. The minimum Gasteiger partial charge on any atom is -0.360 e. The summed E-state index contributed by atoms with van der Waals surface area (Å²) in [4.78, 5) is 13.7. The first-order valence-corrected chi connectivity index (χ1v) is 5.90. The van der Waals surface area contributed by atoms with Crippen molar-refractivity contribution in [2.45, 2.75) is 13.3 Å². The highest BCUT2D eigenvalue weighted by atomic mass is 16.5. The van der Waals surface area contributed by atoms with Crippen LogP contribution in [0.5, 0.6) is 0 Å². The molecule has 0 saturated carbocycles. The zero-order valence-corrected chi connectivity index (χ0v) is 10.8. The Bertz CT molecular complexity index is 544. The van der Waals surface area contributed by atoms with E-state index in [0.717, 1.165) is 5.56 Å². The second-order valence-electron chi connectivity index (χ2n) is 4.25. The molecule has 0 fully saturated rings. The molecule has 0 bridgehead atoms. The largest absolute Gasteiger partial charge is 0.360 e. The van der Waals surface area contributed by atoms with Gasteiger partial charge in [0.1, 0.15) is 17.0 Å². The molecule has 4 heteroatoms. The molecule has 1 aromatic carbocycles. The smallest absolute Gasteiger partial charge is 0.259 e. The number of hydrogen-bond donors (Lipinski definition) is 0. The third kappa shape index (κ3) is 2.14. The molecule has 2 aromatic rings. The van der Waals surface area contributed by atoms with E-state index in [1.807, 2.05) is 37.3 Å². The maximum absolute atomic E-state index is 12.2. The predicted molar refractivity (Wildman–Crippen MR) is 69.3 cm³/mol. The van der Waals surface area contributed by atoms with Crippen LogP contribution in [-0.4, -0.2) is 30.1 Å². The maximum atomic E-state index is 12.2. The van der Waals surface area contributed by atoms with Crippen LogP contribution in [0.15, 0.2) is 34.9 Å². The lowest BCUT2D eigenvalue weighted by molar-refractivity contribution is 0.0826. The standard InChI is InChI=1S/C14H16N2O2/c1-4-11-12(14(17)16(2)3)13(15-18-11)10-8-6-5-7-9-10/h5-9H,4H2,1-3H3. The van der Waals surface area contributed by atoms with Gasteiger partial charge in [-0.2, -0.15) is 0 Å². The van der Waals surface area contributed by atoms with Crippen molar-refractivity contribution >= 4 is 5.91 Å². The summed E-state index contributed by atoms with van der Waals surface area (Å²) in [6.07, 6.45) is 0.648. The monoisotopic (exact) mass is 244 g/mol. The molecule has 1 aromatic heterocycles. The van der Waals surface area contributed by atoms with Crippen LogP contribution in [0.25, 0.3) is 11.3 Å². The Morgan fingerprint density at radius 3 is 2.50 bits per heavy atom. The van der Waals surface area contributed by atoms with Crippen LogP contribution in [0.2, 0.25) is 0 Å². The third-order valence-corrected chi connectivity index (χ3v) is 2.75. The van der Waals surface area contributed by atoms with Crippen molar-refractivity contribution < 1.29 is 9.32 Å². The summed E-state index contributed by atoms with van der Waals surface area (Å²) in [7, 11) is 3.45. The van der Waals surface area contributed by atoms with E-state index in [1.54, 1.807) is 14.1 Å². The third-order valence-electron chi connectivity index (χ3n) is 2.75. The molecule has 1 heterocycles. The summed E-state index contributed by atoms with van der Waals surface area (Å²) in [6.45, 7) is 1.95. The van der Waals surface area contributed by atoms with Gasteiger partial charge in [-0.15, -0.1) is 0 Å². The number of amides is 1. The lowest BCUT2D eigenvalue weighted by Gasteiger charge is -2.10. The summed E-state index contributed by atoms with van der Waals surface area (Å²) < 4.78 is 5.27. The molecule has 0 saturated heterocycles. The molecular weight excluding hydrogens is 228 g/mol. The fourth-order valence-electron chi connectivity index (χ4n) is 1.80. The van der Waals surface area contributed by atoms with E-state index >= 15 is 0 Å². The van der Waals surface area contributed by atoms with E-state index in [1.165, 1.54) is 4.90 Å². The van der Waals surface area contributed by atoms with Gasteiger partial charge >= 0.3 is 0 Å². The van der Waals surface area contributed by atoms with Crippen molar-refractivity contribution in [2.75, 3.05) is 14.1 Å². The molecule has 0 unspecified atom stereocenters. The lowest BCUT2D eigenvalue weighted by atomic mass is 10.0. The number of hydrogen-bond acceptors (Lipinski definition) is 3. The van der Waals surface area contributed by atoms with Gasteiger partial charge < -0.3 is 9.42 Å². The molecule has 0 N–H and O–H groups in total. The first kappa shape index (κ1) is 12.4. The summed E-state index contributed by atoms with van der Waals surface area (Å²) in [5.74, 6) is 0.555. The van der Waals surface area contributed by atoms with E-state index in [0.29, 0.717) is 23.4 Å². The second-order valence-corrected chi connectivity index (χ2v) is 4.25. The molecular formula is C14H16N2O2. The highest BCUT2D eigenvalue weighted by Gasteiger charge is 2.23. The Labute approximate surface area is 106 Å². The molecule has 0 spiro atoms. The topological polar surface area (TPSA) is 46.3 Å². The molecule has 4 nitrogen and oxygen atoms in total. The summed E-state index contributed by atoms with van der Waals surface area (Å²) in [5.41, 5.74) is 2.08. The Kier molecular flexibility index (Phi) is 3.46. The van der Waals surface area contributed by atoms with Crippen molar-refractivity contribution in [1.29, 1.82) is 0 Å². The second kappa shape index (κ2) is 5.04. The minimum absolute atomic E-state index is 0.0769. The SMILES string of the molecule is CCc1onc(-c2ccccc2)c1C(=O)N(C)C.